The second kappa shape index (κ2) is 9.84. The lowest BCUT2D eigenvalue weighted by Crippen LogP contribution is -2.42. The molecule has 0 unspecified atom stereocenters. The summed E-state index contributed by atoms with van der Waals surface area (Å²) in [5, 5.41) is 0. The minimum absolute atomic E-state index is 0.171. The minimum atomic E-state index is 0.171. The van der Waals surface area contributed by atoms with Gasteiger partial charge in [-0.2, -0.15) is 0 Å². The Morgan fingerprint density at radius 3 is 2.44 bits per heavy atom. The van der Waals surface area contributed by atoms with Crippen LogP contribution in [0.5, 0.6) is 0 Å². The Balaban J connectivity index is 1.53. The summed E-state index contributed by atoms with van der Waals surface area (Å²) in [4.78, 5) is 21.1. The number of amides is 1. The molecule has 1 aromatic heterocycles. The fourth-order valence-electron chi connectivity index (χ4n) is 5.33. The van der Waals surface area contributed by atoms with E-state index < -0.39 is 0 Å². The van der Waals surface area contributed by atoms with E-state index >= 15 is 0 Å². The van der Waals surface area contributed by atoms with Gasteiger partial charge < -0.3 is 9.47 Å². The van der Waals surface area contributed by atoms with Gasteiger partial charge in [-0.3, -0.25) is 4.79 Å². The zero-order valence-electron chi connectivity index (χ0n) is 20.2. The highest BCUT2D eigenvalue weighted by molar-refractivity contribution is 5.85. The predicted octanol–water partition coefficient (Wildman–Crippen LogP) is 6.68. The van der Waals surface area contributed by atoms with E-state index in [-0.39, 0.29) is 5.91 Å². The molecule has 0 bridgehead atoms. The Kier molecular flexibility index (Phi) is 6.48. The maximum Gasteiger partial charge on any atom is 0.243 e. The first-order chi connectivity index (χ1) is 16.6. The molecule has 0 aliphatic heterocycles. The van der Waals surface area contributed by atoms with Gasteiger partial charge in [0.25, 0.3) is 0 Å². The van der Waals surface area contributed by atoms with Crippen molar-refractivity contribution in [3.05, 3.63) is 89.5 Å². The van der Waals surface area contributed by atoms with Crippen LogP contribution in [0.1, 0.15) is 48.8 Å². The third kappa shape index (κ3) is 4.63. The van der Waals surface area contributed by atoms with Crippen LogP contribution in [0.15, 0.2) is 72.8 Å². The van der Waals surface area contributed by atoms with E-state index in [0.29, 0.717) is 19.1 Å². The molecule has 0 spiro atoms. The number of carbonyl (C=O) groups excluding carboxylic acids is 1. The minimum Gasteiger partial charge on any atom is -0.334 e. The van der Waals surface area contributed by atoms with Gasteiger partial charge in [0.15, 0.2) is 0 Å². The first kappa shape index (κ1) is 22.4. The number of nitrogens with zero attached hydrogens (tertiary/aromatic N) is 3. The Bertz CT molecular complexity index is 1290. The summed E-state index contributed by atoms with van der Waals surface area (Å²) in [7, 11) is 0. The quantitative estimate of drug-likeness (QED) is 0.328. The fraction of sp³-hybridized carbons (Fsp3) is 0.333. The molecule has 34 heavy (non-hydrogen) atoms. The van der Waals surface area contributed by atoms with Gasteiger partial charge in [0.1, 0.15) is 12.4 Å². The van der Waals surface area contributed by atoms with Crippen molar-refractivity contribution in [1.29, 1.82) is 0 Å². The van der Waals surface area contributed by atoms with Gasteiger partial charge in [-0.25, -0.2) is 4.98 Å². The monoisotopic (exact) mass is 451 g/mol. The second-order valence-corrected chi connectivity index (χ2v) is 9.63. The van der Waals surface area contributed by atoms with Crippen molar-refractivity contribution < 1.29 is 4.79 Å². The topological polar surface area (TPSA) is 38.1 Å². The van der Waals surface area contributed by atoms with Gasteiger partial charge in [0.05, 0.1) is 11.0 Å². The smallest absolute Gasteiger partial charge is 0.243 e. The van der Waals surface area contributed by atoms with Crippen LogP contribution in [0.25, 0.3) is 22.4 Å². The number of aryl methyl sites for hydroxylation is 2. The third-order valence-corrected chi connectivity index (χ3v) is 7.10. The highest BCUT2D eigenvalue weighted by atomic mass is 16.2. The molecule has 0 atom stereocenters. The second-order valence-electron chi connectivity index (χ2n) is 9.63. The standard InChI is InChI=1S/C30H33N3O/c1-22-17-18-26(23(2)19-22)30-31-27-15-9-10-16-28(27)33(30)21-29(34)32(25-13-7-4-8-14-25)20-24-11-5-3-6-12-24/h3,5-6,9-12,15-19,25H,4,7-8,13-14,20-21H2,1-2H3. The number of carbonyl (C=O) groups is 1. The molecule has 1 amide bonds. The lowest BCUT2D eigenvalue weighted by molar-refractivity contribution is -0.135. The van der Waals surface area contributed by atoms with Crippen LogP contribution in [0, 0.1) is 13.8 Å². The molecule has 1 fully saturated rings. The molecule has 1 heterocycles. The Hall–Kier alpha value is -3.40. The maximum absolute atomic E-state index is 14.0. The molecule has 4 aromatic rings. The molecule has 0 N–H and O–H groups in total. The highest BCUT2D eigenvalue weighted by Gasteiger charge is 2.27. The lowest BCUT2D eigenvalue weighted by Gasteiger charge is -2.35. The van der Waals surface area contributed by atoms with E-state index in [1.807, 2.05) is 24.3 Å². The van der Waals surface area contributed by atoms with E-state index in [2.05, 4.69) is 71.8 Å². The summed E-state index contributed by atoms with van der Waals surface area (Å²) in [6, 6.07) is 25.3. The molecule has 4 nitrogen and oxygen atoms in total. The molecule has 4 heteroatoms. The zero-order chi connectivity index (χ0) is 23.5. The van der Waals surface area contributed by atoms with Crippen molar-refractivity contribution in [3.63, 3.8) is 0 Å². The SMILES string of the molecule is Cc1ccc(-c2nc3ccccc3n2CC(=O)N(Cc2ccccc2)C2CCCCC2)c(C)c1. The number of rotatable bonds is 6. The zero-order valence-corrected chi connectivity index (χ0v) is 20.2. The molecular weight excluding hydrogens is 418 g/mol. The number of fused-ring (bicyclic) bond motifs is 1. The van der Waals surface area contributed by atoms with Crippen molar-refractivity contribution in [3.8, 4) is 11.4 Å². The van der Waals surface area contributed by atoms with Crippen LogP contribution < -0.4 is 0 Å². The summed E-state index contributed by atoms with van der Waals surface area (Å²) in [6.45, 7) is 5.19. The molecule has 1 aliphatic rings. The Morgan fingerprint density at radius 1 is 0.941 bits per heavy atom. The van der Waals surface area contributed by atoms with Crippen LogP contribution in [0.3, 0.4) is 0 Å². The van der Waals surface area contributed by atoms with E-state index in [9.17, 15) is 4.79 Å². The lowest BCUT2D eigenvalue weighted by atomic mass is 9.93. The highest BCUT2D eigenvalue weighted by Crippen LogP contribution is 2.29. The van der Waals surface area contributed by atoms with Gasteiger partial charge in [0.2, 0.25) is 5.91 Å². The van der Waals surface area contributed by atoms with Crippen LogP contribution in [-0.2, 0) is 17.9 Å². The van der Waals surface area contributed by atoms with Crippen molar-refractivity contribution in [2.45, 2.75) is 65.1 Å². The molecule has 0 radical (unpaired) electrons. The normalized spacial score (nSPS) is 14.4. The van der Waals surface area contributed by atoms with E-state index in [0.717, 1.165) is 35.3 Å². The maximum atomic E-state index is 14.0. The van der Waals surface area contributed by atoms with E-state index in [1.54, 1.807) is 0 Å². The Labute approximate surface area is 202 Å². The van der Waals surface area contributed by atoms with Gasteiger partial charge in [-0.05, 0) is 49.9 Å². The number of aromatic nitrogens is 2. The van der Waals surface area contributed by atoms with E-state index in [1.165, 1.54) is 36.0 Å². The number of hydrogen-bond acceptors (Lipinski definition) is 2. The average Bonchev–Trinajstić information content (AvgIpc) is 3.21. The number of hydrogen-bond donors (Lipinski definition) is 0. The third-order valence-electron chi connectivity index (χ3n) is 7.10. The predicted molar refractivity (Wildman–Crippen MR) is 139 cm³/mol. The van der Waals surface area contributed by atoms with Crippen molar-refractivity contribution in [2.75, 3.05) is 0 Å². The summed E-state index contributed by atoms with van der Waals surface area (Å²) < 4.78 is 2.12. The summed E-state index contributed by atoms with van der Waals surface area (Å²) in [6.07, 6.45) is 5.85. The molecule has 5 rings (SSSR count). The average molecular weight is 452 g/mol. The largest absolute Gasteiger partial charge is 0.334 e. The number of imidazole rings is 1. The number of para-hydroxylation sites is 2. The molecule has 1 aliphatic carbocycles. The van der Waals surface area contributed by atoms with E-state index in [4.69, 9.17) is 4.98 Å². The molecule has 3 aromatic carbocycles. The van der Waals surface area contributed by atoms with Gasteiger partial charge in [-0.1, -0.05) is 85.5 Å². The van der Waals surface area contributed by atoms with Gasteiger partial charge in [-0.15, -0.1) is 0 Å². The summed E-state index contributed by atoms with van der Waals surface area (Å²) in [5.74, 6) is 1.04. The molecular formula is C30H33N3O. The molecule has 0 saturated heterocycles. The van der Waals surface area contributed by atoms with Crippen molar-refractivity contribution in [1.82, 2.24) is 14.5 Å². The first-order valence-corrected chi connectivity index (χ1v) is 12.5. The van der Waals surface area contributed by atoms with Crippen molar-refractivity contribution in [2.24, 2.45) is 0 Å². The molecule has 1 saturated carbocycles. The van der Waals surface area contributed by atoms with Gasteiger partial charge in [0, 0.05) is 18.2 Å². The van der Waals surface area contributed by atoms with Crippen LogP contribution >= 0.6 is 0 Å². The van der Waals surface area contributed by atoms with Crippen LogP contribution in [-0.4, -0.2) is 26.4 Å². The van der Waals surface area contributed by atoms with Gasteiger partial charge >= 0.3 is 0 Å². The summed E-state index contributed by atoms with van der Waals surface area (Å²) >= 11 is 0. The molecule has 174 valence electrons. The fourth-order valence-corrected chi connectivity index (χ4v) is 5.33. The number of benzene rings is 3. The first-order valence-electron chi connectivity index (χ1n) is 12.5. The van der Waals surface area contributed by atoms with Crippen LogP contribution in [0.4, 0.5) is 0 Å². The van der Waals surface area contributed by atoms with Crippen LogP contribution in [0.2, 0.25) is 0 Å². The van der Waals surface area contributed by atoms with Crippen molar-refractivity contribution >= 4 is 16.9 Å². The Morgan fingerprint density at radius 2 is 1.68 bits per heavy atom. The summed E-state index contributed by atoms with van der Waals surface area (Å²) in [5.41, 5.74) is 6.61.